The third-order valence-corrected chi connectivity index (χ3v) is 2.15. The first-order valence-electron chi connectivity index (χ1n) is 5.03. The maximum Gasteiger partial charge on any atom is 0.269 e. The van der Waals surface area contributed by atoms with Gasteiger partial charge in [-0.15, -0.1) is 0 Å². The standard InChI is InChI=1S/C12H10N2O3/c15-14(16)11-5-3-4-10(8-11)9-17-12-6-1-2-7-13-12/h1-8H,9H2. The van der Waals surface area contributed by atoms with Gasteiger partial charge in [0.2, 0.25) is 5.88 Å². The molecular weight excluding hydrogens is 220 g/mol. The Morgan fingerprint density at radius 1 is 1.24 bits per heavy atom. The van der Waals surface area contributed by atoms with Gasteiger partial charge in [0, 0.05) is 24.4 Å². The van der Waals surface area contributed by atoms with Crippen LogP contribution in [-0.4, -0.2) is 9.91 Å². The van der Waals surface area contributed by atoms with Crippen LogP contribution in [0.25, 0.3) is 0 Å². The van der Waals surface area contributed by atoms with Crippen molar-refractivity contribution in [3.05, 3.63) is 64.3 Å². The highest BCUT2D eigenvalue weighted by atomic mass is 16.6. The largest absolute Gasteiger partial charge is 0.473 e. The van der Waals surface area contributed by atoms with Crippen LogP contribution in [0.4, 0.5) is 5.69 Å². The minimum absolute atomic E-state index is 0.0621. The molecule has 0 fully saturated rings. The van der Waals surface area contributed by atoms with Gasteiger partial charge in [-0.2, -0.15) is 0 Å². The molecule has 0 saturated carbocycles. The molecule has 1 heterocycles. The maximum absolute atomic E-state index is 10.6. The molecule has 2 rings (SSSR count). The Labute approximate surface area is 97.8 Å². The molecule has 0 aliphatic rings. The number of pyridine rings is 1. The summed E-state index contributed by atoms with van der Waals surface area (Å²) in [4.78, 5) is 14.1. The molecule has 0 unspecified atom stereocenters. The zero-order valence-electron chi connectivity index (χ0n) is 8.95. The summed E-state index contributed by atoms with van der Waals surface area (Å²) in [6, 6.07) is 11.7. The van der Waals surface area contributed by atoms with Gasteiger partial charge in [-0.05, 0) is 11.6 Å². The summed E-state index contributed by atoms with van der Waals surface area (Å²) in [5, 5.41) is 10.6. The van der Waals surface area contributed by atoms with Crippen molar-refractivity contribution in [1.29, 1.82) is 0 Å². The third kappa shape index (κ3) is 3.01. The lowest BCUT2D eigenvalue weighted by Crippen LogP contribution is -1.97. The van der Waals surface area contributed by atoms with E-state index in [4.69, 9.17) is 4.74 Å². The van der Waals surface area contributed by atoms with Crippen molar-refractivity contribution >= 4 is 5.69 Å². The fourth-order valence-corrected chi connectivity index (χ4v) is 1.35. The van der Waals surface area contributed by atoms with Crippen LogP contribution in [-0.2, 0) is 6.61 Å². The summed E-state index contributed by atoms with van der Waals surface area (Å²) >= 11 is 0. The van der Waals surface area contributed by atoms with Crippen LogP contribution in [0.1, 0.15) is 5.56 Å². The van der Waals surface area contributed by atoms with E-state index in [0.717, 1.165) is 5.56 Å². The first-order chi connectivity index (χ1) is 8.25. The van der Waals surface area contributed by atoms with Crippen molar-refractivity contribution in [3.63, 3.8) is 0 Å². The lowest BCUT2D eigenvalue weighted by atomic mass is 10.2. The predicted octanol–water partition coefficient (Wildman–Crippen LogP) is 2.57. The van der Waals surface area contributed by atoms with Crippen molar-refractivity contribution in [2.75, 3.05) is 0 Å². The molecule has 0 amide bonds. The van der Waals surface area contributed by atoms with Crippen LogP contribution in [0.3, 0.4) is 0 Å². The van der Waals surface area contributed by atoms with Gasteiger partial charge in [0.1, 0.15) is 6.61 Å². The van der Waals surface area contributed by atoms with Crippen molar-refractivity contribution in [2.45, 2.75) is 6.61 Å². The van der Waals surface area contributed by atoms with Gasteiger partial charge in [0.15, 0.2) is 0 Å². The molecule has 5 nitrogen and oxygen atoms in total. The van der Waals surface area contributed by atoms with E-state index in [1.165, 1.54) is 12.1 Å². The van der Waals surface area contributed by atoms with Gasteiger partial charge >= 0.3 is 0 Å². The van der Waals surface area contributed by atoms with Crippen LogP contribution in [0, 0.1) is 10.1 Å². The monoisotopic (exact) mass is 230 g/mol. The smallest absolute Gasteiger partial charge is 0.269 e. The number of hydrogen-bond donors (Lipinski definition) is 0. The maximum atomic E-state index is 10.6. The molecule has 0 spiro atoms. The molecule has 0 saturated heterocycles. The van der Waals surface area contributed by atoms with E-state index in [1.54, 1.807) is 30.5 Å². The number of benzene rings is 1. The Bertz CT molecular complexity index is 514. The lowest BCUT2D eigenvalue weighted by molar-refractivity contribution is -0.384. The second kappa shape index (κ2) is 5.07. The van der Waals surface area contributed by atoms with Crippen LogP contribution in [0.2, 0.25) is 0 Å². The molecule has 0 aliphatic carbocycles. The summed E-state index contributed by atoms with van der Waals surface area (Å²) in [6.07, 6.45) is 1.63. The zero-order chi connectivity index (χ0) is 12.1. The van der Waals surface area contributed by atoms with Crippen LogP contribution in [0.15, 0.2) is 48.7 Å². The molecule has 86 valence electrons. The van der Waals surface area contributed by atoms with E-state index in [2.05, 4.69) is 4.98 Å². The second-order valence-corrected chi connectivity index (χ2v) is 3.38. The topological polar surface area (TPSA) is 65.3 Å². The number of nitro benzene ring substituents is 1. The Balaban J connectivity index is 2.04. The quantitative estimate of drug-likeness (QED) is 0.598. The van der Waals surface area contributed by atoms with Crippen LogP contribution >= 0.6 is 0 Å². The number of nitrogens with zero attached hydrogens (tertiary/aromatic N) is 2. The summed E-state index contributed by atoms with van der Waals surface area (Å²) in [7, 11) is 0. The Morgan fingerprint density at radius 2 is 2.12 bits per heavy atom. The van der Waals surface area contributed by atoms with Gasteiger partial charge in [-0.25, -0.2) is 4.98 Å². The van der Waals surface area contributed by atoms with Crippen molar-refractivity contribution in [3.8, 4) is 5.88 Å². The van der Waals surface area contributed by atoms with Gasteiger partial charge in [-0.1, -0.05) is 18.2 Å². The first kappa shape index (κ1) is 11.1. The number of rotatable bonds is 4. The van der Waals surface area contributed by atoms with Crippen LogP contribution < -0.4 is 4.74 Å². The van der Waals surface area contributed by atoms with Crippen molar-refractivity contribution in [2.24, 2.45) is 0 Å². The van der Waals surface area contributed by atoms with Crippen molar-refractivity contribution < 1.29 is 9.66 Å². The molecule has 0 radical (unpaired) electrons. The van der Waals surface area contributed by atoms with E-state index < -0.39 is 4.92 Å². The highest BCUT2D eigenvalue weighted by molar-refractivity contribution is 5.34. The molecule has 0 bridgehead atoms. The minimum Gasteiger partial charge on any atom is -0.473 e. The second-order valence-electron chi connectivity index (χ2n) is 3.38. The predicted molar refractivity (Wildman–Crippen MR) is 61.7 cm³/mol. The van der Waals surface area contributed by atoms with E-state index in [9.17, 15) is 10.1 Å². The average Bonchev–Trinajstić information content (AvgIpc) is 2.38. The summed E-state index contributed by atoms with van der Waals surface area (Å²) in [6.45, 7) is 0.263. The first-order valence-corrected chi connectivity index (χ1v) is 5.03. The molecule has 0 atom stereocenters. The number of ether oxygens (including phenoxy) is 1. The Hall–Kier alpha value is -2.43. The Kier molecular flexibility index (Phi) is 3.30. The number of hydrogen-bond acceptors (Lipinski definition) is 4. The van der Waals surface area contributed by atoms with Gasteiger partial charge in [-0.3, -0.25) is 10.1 Å². The molecular formula is C12H10N2O3. The lowest BCUT2D eigenvalue weighted by Gasteiger charge is -2.04. The highest BCUT2D eigenvalue weighted by Crippen LogP contribution is 2.14. The SMILES string of the molecule is O=[N+]([O-])c1cccc(COc2ccccn2)c1. The third-order valence-electron chi connectivity index (χ3n) is 2.15. The van der Waals surface area contributed by atoms with Gasteiger partial charge in [0.25, 0.3) is 5.69 Å². The highest BCUT2D eigenvalue weighted by Gasteiger charge is 2.05. The summed E-state index contributed by atoms with van der Waals surface area (Å²) in [5.41, 5.74) is 0.803. The number of aromatic nitrogens is 1. The van der Waals surface area contributed by atoms with Crippen molar-refractivity contribution in [1.82, 2.24) is 4.98 Å². The van der Waals surface area contributed by atoms with E-state index in [1.807, 2.05) is 6.07 Å². The Morgan fingerprint density at radius 3 is 2.82 bits per heavy atom. The molecule has 1 aromatic carbocycles. The molecule has 0 N–H and O–H groups in total. The van der Waals surface area contributed by atoms with E-state index >= 15 is 0 Å². The fourth-order valence-electron chi connectivity index (χ4n) is 1.35. The summed E-state index contributed by atoms with van der Waals surface area (Å²) in [5.74, 6) is 0.499. The molecule has 17 heavy (non-hydrogen) atoms. The molecule has 5 heteroatoms. The molecule has 2 aromatic rings. The summed E-state index contributed by atoms with van der Waals surface area (Å²) < 4.78 is 5.39. The molecule has 1 aromatic heterocycles. The van der Waals surface area contributed by atoms with Gasteiger partial charge < -0.3 is 4.74 Å². The fraction of sp³-hybridized carbons (Fsp3) is 0.0833. The minimum atomic E-state index is -0.426. The normalized spacial score (nSPS) is 9.88. The molecule has 0 aliphatic heterocycles. The van der Waals surface area contributed by atoms with E-state index in [0.29, 0.717) is 5.88 Å². The van der Waals surface area contributed by atoms with Crippen LogP contribution in [0.5, 0.6) is 5.88 Å². The number of nitro groups is 1. The van der Waals surface area contributed by atoms with E-state index in [-0.39, 0.29) is 12.3 Å². The average molecular weight is 230 g/mol. The number of non-ortho nitro benzene ring substituents is 1. The van der Waals surface area contributed by atoms with Gasteiger partial charge in [0.05, 0.1) is 4.92 Å². The zero-order valence-corrected chi connectivity index (χ0v) is 8.95.